The first kappa shape index (κ1) is 11.9. The van der Waals surface area contributed by atoms with E-state index >= 15 is 0 Å². The molecule has 0 spiro atoms. The van der Waals surface area contributed by atoms with Crippen molar-refractivity contribution in [2.24, 2.45) is 0 Å². The monoisotopic (exact) mass is 246 g/mol. The highest BCUT2D eigenvalue weighted by Crippen LogP contribution is 2.23. The molecular formula is C14H15ClN2. The van der Waals surface area contributed by atoms with Crippen molar-refractivity contribution in [3.05, 3.63) is 53.7 Å². The maximum Gasteiger partial charge on any atom is 0.132 e. The Morgan fingerprint density at radius 1 is 1.24 bits per heavy atom. The molecule has 2 rings (SSSR count). The number of alkyl halides is 1. The average molecular weight is 247 g/mol. The van der Waals surface area contributed by atoms with Gasteiger partial charge in [-0.15, -0.1) is 11.6 Å². The maximum absolute atomic E-state index is 5.83. The van der Waals surface area contributed by atoms with Crippen LogP contribution in [0.15, 0.2) is 42.6 Å². The Labute approximate surface area is 107 Å². The molecule has 0 saturated carbocycles. The van der Waals surface area contributed by atoms with E-state index in [-0.39, 0.29) is 0 Å². The minimum Gasteiger partial charge on any atom is -0.329 e. The first-order valence-corrected chi connectivity index (χ1v) is 6.05. The van der Waals surface area contributed by atoms with Gasteiger partial charge in [-0.05, 0) is 42.3 Å². The van der Waals surface area contributed by atoms with Gasteiger partial charge < -0.3 is 4.90 Å². The highest BCUT2D eigenvalue weighted by atomic mass is 35.5. The summed E-state index contributed by atoms with van der Waals surface area (Å²) in [6.07, 6.45) is 1.79. The summed E-state index contributed by atoms with van der Waals surface area (Å²) in [6.45, 7) is 2.08. The summed E-state index contributed by atoms with van der Waals surface area (Å²) in [4.78, 5) is 6.42. The van der Waals surface area contributed by atoms with Crippen molar-refractivity contribution in [1.29, 1.82) is 0 Å². The topological polar surface area (TPSA) is 16.1 Å². The van der Waals surface area contributed by atoms with Crippen molar-refractivity contribution >= 4 is 23.1 Å². The van der Waals surface area contributed by atoms with Gasteiger partial charge in [0, 0.05) is 24.8 Å². The lowest BCUT2D eigenvalue weighted by Gasteiger charge is -2.19. The second kappa shape index (κ2) is 5.19. The minimum absolute atomic E-state index is 0.511. The standard InChI is InChI=1S/C14H15ClN2/c1-11-4-3-5-13(8-11)17(2)14-9-12(10-15)6-7-16-14/h3-9H,10H2,1-2H3. The molecule has 2 aromatic rings. The van der Waals surface area contributed by atoms with Gasteiger partial charge in [0.2, 0.25) is 0 Å². The number of nitrogens with zero attached hydrogens (tertiary/aromatic N) is 2. The molecular weight excluding hydrogens is 232 g/mol. The van der Waals surface area contributed by atoms with Gasteiger partial charge in [-0.3, -0.25) is 0 Å². The molecule has 2 nitrogen and oxygen atoms in total. The SMILES string of the molecule is Cc1cccc(N(C)c2cc(CCl)ccn2)c1. The molecule has 0 aliphatic heterocycles. The molecule has 0 radical (unpaired) electrons. The molecule has 0 N–H and O–H groups in total. The zero-order valence-electron chi connectivity index (χ0n) is 10.0. The van der Waals surface area contributed by atoms with Crippen LogP contribution < -0.4 is 4.90 Å². The second-order valence-electron chi connectivity index (χ2n) is 4.05. The fourth-order valence-electron chi connectivity index (χ4n) is 1.70. The van der Waals surface area contributed by atoms with E-state index in [4.69, 9.17) is 11.6 Å². The normalized spacial score (nSPS) is 10.3. The molecule has 0 bridgehead atoms. The van der Waals surface area contributed by atoms with Crippen molar-refractivity contribution in [3.63, 3.8) is 0 Å². The first-order chi connectivity index (χ1) is 8.20. The summed E-state index contributed by atoms with van der Waals surface area (Å²) >= 11 is 5.83. The molecule has 1 aromatic carbocycles. The van der Waals surface area contributed by atoms with Crippen LogP contribution in [-0.4, -0.2) is 12.0 Å². The summed E-state index contributed by atoms with van der Waals surface area (Å²) in [5, 5.41) is 0. The van der Waals surface area contributed by atoms with Crippen LogP contribution in [0.3, 0.4) is 0 Å². The lowest BCUT2D eigenvalue weighted by molar-refractivity contribution is 1.11. The van der Waals surface area contributed by atoms with E-state index in [1.165, 1.54) is 5.56 Å². The third-order valence-electron chi connectivity index (χ3n) is 2.70. The van der Waals surface area contributed by atoms with Gasteiger partial charge in [0.25, 0.3) is 0 Å². The fourth-order valence-corrected chi connectivity index (χ4v) is 1.86. The molecule has 1 heterocycles. The van der Waals surface area contributed by atoms with E-state index in [2.05, 4.69) is 35.0 Å². The van der Waals surface area contributed by atoms with Crippen LogP contribution in [0.5, 0.6) is 0 Å². The van der Waals surface area contributed by atoms with Gasteiger partial charge in [0.1, 0.15) is 5.82 Å². The van der Waals surface area contributed by atoms with Crippen molar-refractivity contribution in [1.82, 2.24) is 4.98 Å². The zero-order chi connectivity index (χ0) is 12.3. The molecule has 0 amide bonds. The zero-order valence-corrected chi connectivity index (χ0v) is 10.8. The highest BCUT2D eigenvalue weighted by Gasteiger charge is 2.05. The van der Waals surface area contributed by atoms with Gasteiger partial charge in [0.05, 0.1) is 0 Å². The fraction of sp³-hybridized carbons (Fsp3) is 0.214. The Morgan fingerprint density at radius 3 is 2.76 bits per heavy atom. The van der Waals surface area contributed by atoms with Crippen LogP contribution >= 0.6 is 11.6 Å². The van der Waals surface area contributed by atoms with E-state index in [0.717, 1.165) is 17.1 Å². The second-order valence-corrected chi connectivity index (χ2v) is 4.32. The molecule has 3 heteroatoms. The maximum atomic E-state index is 5.83. The largest absolute Gasteiger partial charge is 0.329 e. The van der Waals surface area contributed by atoms with Gasteiger partial charge in [-0.25, -0.2) is 4.98 Å². The van der Waals surface area contributed by atoms with Crippen LogP contribution in [0.25, 0.3) is 0 Å². The predicted molar refractivity (Wildman–Crippen MR) is 73.0 cm³/mol. The van der Waals surface area contributed by atoms with E-state index in [1.54, 1.807) is 6.20 Å². The molecule has 0 aliphatic carbocycles. The summed E-state index contributed by atoms with van der Waals surface area (Å²) < 4.78 is 0. The molecule has 0 saturated heterocycles. The Kier molecular flexibility index (Phi) is 3.64. The number of pyridine rings is 1. The number of aromatic nitrogens is 1. The van der Waals surface area contributed by atoms with E-state index in [1.807, 2.05) is 25.2 Å². The third kappa shape index (κ3) is 2.77. The van der Waals surface area contributed by atoms with Crippen LogP contribution in [0, 0.1) is 6.92 Å². The van der Waals surface area contributed by atoms with Crippen LogP contribution in [-0.2, 0) is 5.88 Å². The molecule has 17 heavy (non-hydrogen) atoms. The highest BCUT2D eigenvalue weighted by molar-refractivity contribution is 6.17. The summed E-state index contributed by atoms with van der Waals surface area (Å²) in [5.74, 6) is 1.42. The lowest BCUT2D eigenvalue weighted by Crippen LogP contribution is -2.11. The van der Waals surface area contributed by atoms with Crippen molar-refractivity contribution in [2.75, 3.05) is 11.9 Å². The van der Waals surface area contributed by atoms with Crippen molar-refractivity contribution in [2.45, 2.75) is 12.8 Å². The first-order valence-electron chi connectivity index (χ1n) is 5.52. The quantitative estimate of drug-likeness (QED) is 0.764. The average Bonchev–Trinajstić information content (AvgIpc) is 2.38. The van der Waals surface area contributed by atoms with Crippen LogP contribution in [0.4, 0.5) is 11.5 Å². The number of rotatable bonds is 3. The molecule has 1 aromatic heterocycles. The van der Waals surface area contributed by atoms with Gasteiger partial charge >= 0.3 is 0 Å². The smallest absolute Gasteiger partial charge is 0.132 e. The third-order valence-corrected chi connectivity index (χ3v) is 3.01. The summed E-state index contributed by atoms with van der Waals surface area (Å²) in [7, 11) is 2.01. The number of anilines is 2. The van der Waals surface area contributed by atoms with Gasteiger partial charge in [0.15, 0.2) is 0 Å². The lowest BCUT2D eigenvalue weighted by atomic mass is 10.2. The van der Waals surface area contributed by atoms with E-state index < -0.39 is 0 Å². The number of halogens is 1. The summed E-state index contributed by atoms with van der Waals surface area (Å²) in [5.41, 5.74) is 3.45. The Morgan fingerprint density at radius 2 is 2.06 bits per heavy atom. The Balaban J connectivity index is 2.33. The van der Waals surface area contributed by atoms with Gasteiger partial charge in [-0.1, -0.05) is 12.1 Å². The van der Waals surface area contributed by atoms with E-state index in [0.29, 0.717) is 5.88 Å². The van der Waals surface area contributed by atoms with E-state index in [9.17, 15) is 0 Å². The van der Waals surface area contributed by atoms with Crippen molar-refractivity contribution in [3.8, 4) is 0 Å². The van der Waals surface area contributed by atoms with Crippen molar-refractivity contribution < 1.29 is 0 Å². The molecule has 88 valence electrons. The number of hydrogen-bond acceptors (Lipinski definition) is 2. The van der Waals surface area contributed by atoms with Gasteiger partial charge in [-0.2, -0.15) is 0 Å². The Bertz CT molecular complexity index is 511. The Hall–Kier alpha value is -1.54. The van der Waals surface area contributed by atoms with Crippen LogP contribution in [0.2, 0.25) is 0 Å². The molecule has 0 atom stereocenters. The van der Waals surface area contributed by atoms with Crippen LogP contribution in [0.1, 0.15) is 11.1 Å². The minimum atomic E-state index is 0.511. The predicted octanol–water partition coefficient (Wildman–Crippen LogP) is 3.90. The molecule has 0 unspecified atom stereocenters. The number of aryl methyl sites for hydroxylation is 1. The molecule has 0 aliphatic rings. The summed E-state index contributed by atoms with van der Waals surface area (Å²) in [6, 6.07) is 12.3. The number of benzene rings is 1. The molecule has 0 fully saturated rings. The number of hydrogen-bond donors (Lipinski definition) is 0.